The third kappa shape index (κ3) is 5.34. The number of methoxy groups -OCH3 is 2. The summed E-state index contributed by atoms with van der Waals surface area (Å²) in [5.41, 5.74) is 3.23. The van der Waals surface area contributed by atoms with Crippen LogP contribution in [0.3, 0.4) is 0 Å². The number of nitrogens with zero attached hydrogens (tertiary/aromatic N) is 5. The minimum Gasteiger partial charge on any atom is -0.495 e. The smallest absolute Gasteiger partial charge is 0.256 e. The molecule has 3 heterocycles. The normalized spacial score (nSPS) is 14.4. The van der Waals surface area contributed by atoms with Gasteiger partial charge in [0.05, 0.1) is 35.3 Å². The lowest BCUT2D eigenvalue weighted by atomic mass is 10.1. The van der Waals surface area contributed by atoms with Crippen LogP contribution in [0.15, 0.2) is 42.5 Å². The van der Waals surface area contributed by atoms with E-state index in [2.05, 4.69) is 27.3 Å². The van der Waals surface area contributed by atoms with E-state index in [4.69, 9.17) is 37.7 Å². The molecule has 0 bridgehead atoms. The third-order valence-corrected chi connectivity index (χ3v) is 7.71. The number of aryl methyl sites for hydroxylation is 1. The first-order chi connectivity index (χ1) is 18.8. The molecule has 5 rings (SSSR count). The van der Waals surface area contributed by atoms with Gasteiger partial charge in [-0.2, -0.15) is 5.10 Å². The number of hydrogen-bond acceptors (Lipinski definition) is 7. The number of amides is 1. The van der Waals surface area contributed by atoms with Crippen molar-refractivity contribution in [3.8, 4) is 22.8 Å². The zero-order valence-electron chi connectivity index (χ0n) is 22.3. The van der Waals surface area contributed by atoms with E-state index in [0.29, 0.717) is 55.2 Å². The Hall–Kier alpha value is -3.53. The molecule has 4 aromatic rings. The van der Waals surface area contributed by atoms with E-state index in [9.17, 15) is 4.79 Å². The number of rotatable bonds is 6. The predicted molar refractivity (Wildman–Crippen MR) is 156 cm³/mol. The molecule has 2 aromatic carbocycles. The van der Waals surface area contributed by atoms with Crippen LogP contribution in [-0.2, 0) is 7.05 Å². The molecule has 1 aliphatic rings. The highest BCUT2D eigenvalue weighted by atomic mass is 35.5. The number of ether oxygens (including phenoxy) is 2. The molecule has 0 radical (unpaired) electrons. The first-order valence-corrected chi connectivity index (χ1v) is 13.3. The molecule has 1 amide bonds. The number of likely N-dealkylation sites (N-methyl/N-ethyl adjacent to an activating group) is 1. The van der Waals surface area contributed by atoms with E-state index in [0.717, 1.165) is 38.3 Å². The maximum absolute atomic E-state index is 13.1. The molecular weight excluding hydrogens is 539 g/mol. The number of pyridine rings is 1. The van der Waals surface area contributed by atoms with Crippen molar-refractivity contribution >= 4 is 51.6 Å². The van der Waals surface area contributed by atoms with Gasteiger partial charge in [0.15, 0.2) is 11.5 Å². The largest absolute Gasteiger partial charge is 0.495 e. The Labute approximate surface area is 237 Å². The first-order valence-electron chi connectivity index (χ1n) is 12.6. The van der Waals surface area contributed by atoms with Crippen LogP contribution < -0.4 is 19.7 Å². The number of anilines is 2. The maximum atomic E-state index is 13.1. The van der Waals surface area contributed by atoms with Gasteiger partial charge in [0.1, 0.15) is 11.5 Å². The van der Waals surface area contributed by atoms with Gasteiger partial charge in [-0.25, -0.2) is 9.67 Å². The summed E-state index contributed by atoms with van der Waals surface area (Å²) in [4.78, 5) is 22.6. The van der Waals surface area contributed by atoms with Gasteiger partial charge in [-0.15, -0.1) is 0 Å². The fourth-order valence-electron chi connectivity index (χ4n) is 4.78. The van der Waals surface area contributed by atoms with Crippen molar-refractivity contribution in [2.24, 2.45) is 7.05 Å². The molecule has 0 aliphatic carbocycles. The molecule has 0 saturated carbocycles. The zero-order valence-corrected chi connectivity index (χ0v) is 23.8. The van der Waals surface area contributed by atoms with Crippen LogP contribution in [0.2, 0.25) is 10.0 Å². The highest BCUT2D eigenvalue weighted by Crippen LogP contribution is 2.45. The van der Waals surface area contributed by atoms with Crippen LogP contribution in [0.4, 0.5) is 11.5 Å². The molecule has 1 aliphatic heterocycles. The molecule has 39 heavy (non-hydrogen) atoms. The van der Waals surface area contributed by atoms with Gasteiger partial charge < -0.3 is 24.6 Å². The van der Waals surface area contributed by atoms with E-state index in [1.165, 1.54) is 14.2 Å². The lowest BCUT2D eigenvalue weighted by molar-refractivity contribution is 0.102. The first kappa shape index (κ1) is 27.1. The molecule has 0 spiro atoms. The van der Waals surface area contributed by atoms with Crippen molar-refractivity contribution in [2.45, 2.75) is 6.42 Å². The van der Waals surface area contributed by atoms with Crippen molar-refractivity contribution in [3.05, 3.63) is 58.1 Å². The predicted octanol–water partition coefficient (Wildman–Crippen LogP) is 5.35. The number of hydrogen-bond donors (Lipinski definition) is 1. The number of halogens is 2. The summed E-state index contributed by atoms with van der Waals surface area (Å²) < 4.78 is 12.4. The minimum absolute atomic E-state index is 0.246. The second kappa shape index (κ2) is 11.3. The van der Waals surface area contributed by atoms with Gasteiger partial charge in [-0.1, -0.05) is 23.2 Å². The van der Waals surface area contributed by atoms with E-state index < -0.39 is 0 Å². The van der Waals surface area contributed by atoms with Crippen molar-refractivity contribution in [2.75, 3.05) is 57.7 Å². The van der Waals surface area contributed by atoms with Crippen LogP contribution in [0.5, 0.6) is 11.5 Å². The molecule has 204 valence electrons. The monoisotopic (exact) mass is 568 g/mol. The second-order valence-corrected chi connectivity index (χ2v) is 10.2. The van der Waals surface area contributed by atoms with Crippen LogP contribution in [0, 0.1) is 0 Å². The Bertz CT molecular complexity index is 1490. The van der Waals surface area contributed by atoms with Gasteiger partial charge in [0.2, 0.25) is 0 Å². The average Bonchev–Trinajstić information content (AvgIpc) is 3.08. The van der Waals surface area contributed by atoms with Crippen LogP contribution in [0.25, 0.3) is 22.3 Å². The lowest BCUT2D eigenvalue weighted by Crippen LogP contribution is -2.28. The van der Waals surface area contributed by atoms with Crippen LogP contribution >= 0.6 is 23.2 Å². The summed E-state index contributed by atoms with van der Waals surface area (Å²) in [6.45, 7) is 4.09. The van der Waals surface area contributed by atoms with Crippen molar-refractivity contribution in [3.63, 3.8) is 0 Å². The Balaban J connectivity index is 1.40. The highest BCUT2D eigenvalue weighted by Gasteiger charge is 2.22. The number of fused-ring (bicyclic) bond motifs is 1. The van der Waals surface area contributed by atoms with Gasteiger partial charge >= 0.3 is 0 Å². The van der Waals surface area contributed by atoms with Gasteiger partial charge in [-0.3, -0.25) is 4.79 Å². The SMILES string of the molecule is COc1cc(OC)c(Cl)c(-c2ccc3c(NC(=O)c4ccc(N5CCCN(C)CC5)cc4)nn(C)c3n2)c1Cl. The molecule has 0 unspecified atom stereocenters. The third-order valence-electron chi connectivity index (χ3n) is 6.96. The highest BCUT2D eigenvalue weighted by molar-refractivity contribution is 6.41. The van der Waals surface area contributed by atoms with Crippen molar-refractivity contribution < 1.29 is 14.3 Å². The Morgan fingerprint density at radius 2 is 1.62 bits per heavy atom. The Morgan fingerprint density at radius 3 is 2.28 bits per heavy atom. The number of nitrogens with one attached hydrogen (secondary N) is 1. The van der Waals surface area contributed by atoms with E-state index in [1.807, 2.05) is 30.3 Å². The number of carbonyl (C=O) groups is 1. The summed E-state index contributed by atoms with van der Waals surface area (Å²) in [6.07, 6.45) is 1.12. The Kier molecular flexibility index (Phi) is 7.83. The molecule has 1 saturated heterocycles. The van der Waals surface area contributed by atoms with E-state index in [1.54, 1.807) is 23.9 Å². The average molecular weight is 569 g/mol. The summed E-state index contributed by atoms with van der Waals surface area (Å²) in [6, 6.07) is 12.9. The number of benzene rings is 2. The number of aromatic nitrogens is 3. The zero-order chi connectivity index (χ0) is 27.7. The summed E-state index contributed by atoms with van der Waals surface area (Å²) in [5, 5.41) is 8.76. The van der Waals surface area contributed by atoms with Gasteiger partial charge in [0, 0.05) is 49.6 Å². The fourth-order valence-corrected chi connectivity index (χ4v) is 5.48. The van der Waals surface area contributed by atoms with Crippen molar-refractivity contribution in [1.82, 2.24) is 19.7 Å². The quantitative estimate of drug-likeness (QED) is 0.335. The van der Waals surface area contributed by atoms with Gasteiger partial charge in [0.25, 0.3) is 5.91 Å². The van der Waals surface area contributed by atoms with E-state index in [-0.39, 0.29) is 5.91 Å². The van der Waals surface area contributed by atoms with E-state index >= 15 is 0 Å². The lowest BCUT2D eigenvalue weighted by Gasteiger charge is -2.23. The molecule has 11 heteroatoms. The van der Waals surface area contributed by atoms with Crippen molar-refractivity contribution in [1.29, 1.82) is 0 Å². The van der Waals surface area contributed by atoms with Crippen LogP contribution in [0.1, 0.15) is 16.8 Å². The minimum atomic E-state index is -0.246. The molecule has 2 aromatic heterocycles. The molecule has 1 N–H and O–H groups in total. The number of carbonyl (C=O) groups excluding carboxylic acids is 1. The molecular formula is C28H30Cl2N6O3. The summed E-state index contributed by atoms with van der Waals surface area (Å²) in [5.74, 6) is 1.00. The summed E-state index contributed by atoms with van der Waals surface area (Å²) in [7, 11) is 6.95. The standard InChI is InChI=1S/C28H30Cl2N6O3/c1-34-12-5-13-36(15-14-34)18-8-6-17(7-9-18)28(37)32-26-19-10-11-20(31-27(19)35(2)33-26)23-24(29)21(38-3)16-22(39-4)25(23)30/h6-11,16H,5,12-15H2,1-4H3,(H,32,33,37). The molecule has 0 atom stereocenters. The fraction of sp³-hybridized carbons (Fsp3) is 0.321. The second-order valence-electron chi connectivity index (χ2n) is 9.47. The Morgan fingerprint density at radius 1 is 0.923 bits per heavy atom. The summed E-state index contributed by atoms with van der Waals surface area (Å²) >= 11 is 13.2. The molecule has 9 nitrogen and oxygen atoms in total. The topological polar surface area (TPSA) is 84.8 Å². The maximum Gasteiger partial charge on any atom is 0.256 e. The van der Waals surface area contributed by atoms with Crippen LogP contribution in [-0.4, -0.2) is 73.0 Å². The van der Waals surface area contributed by atoms with Gasteiger partial charge in [-0.05, 0) is 56.4 Å². The molecule has 1 fully saturated rings.